The Balaban J connectivity index is 3.01. The Morgan fingerprint density at radius 1 is 1.33 bits per heavy atom. The minimum absolute atomic E-state index is 0.186. The number of nitrogens with zero attached hydrogens (tertiary/aromatic N) is 2. The zero-order chi connectivity index (χ0) is 16.4. The van der Waals surface area contributed by atoms with Crippen molar-refractivity contribution in [2.45, 2.75) is 66.2 Å². The number of carbonyl (C=O) groups excluding carboxylic acids is 2. The molecule has 1 rings (SSSR count). The van der Waals surface area contributed by atoms with E-state index in [2.05, 4.69) is 10.4 Å². The Hall–Kier alpha value is -1.85. The number of hydrogen-bond acceptors (Lipinski definition) is 4. The molecule has 0 bridgehead atoms. The fourth-order valence-corrected chi connectivity index (χ4v) is 2.24. The number of aldehydes is 1. The zero-order valence-electron chi connectivity index (χ0n) is 13.9. The van der Waals surface area contributed by atoms with Crippen molar-refractivity contribution in [1.29, 1.82) is 0 Å². The van der Waals surface area contributed by atoms with E-state index in [1.165, 1.54) is 0 Å². The largest absolute Gasteiger partial charge is 0.444 e. The molecule has 21 heavy (non-hydrogen) atoms. The lowest BCUT2D eigenvalue weighted by molar-refractivity contribution is -0.109. The van der Waals surface area contributed by atoms with Crippen LogP contribution in [0.3, 0.4) is 0 Å². The maximum atomic E-state index is 11.8. The SMILES string of the molecule is Cc1nn(C(C)C)c(C)c1C(C=O)NC(=O)OC(C)(C)C. The van der Waals surface area contributed by atoms with E-state index < -0.39 is 17.7 Å². The molecule has 0 saturated carbocycles. The van der Waals surface area contributed by atoms with Crippen molar-refractivity contribution in [2.24, 2.45) is 0 Å². The molecule has 0 aliphatic heterocycles. The van der Waals surface area contributed by atoms with E-state index in [-0.39, 0.29) is 6.04 Å². The molecular weight excluding hydrogens is 270 g/mol. The van der Waals surface area contributed by atoms with Gasteiger partial charge in [0.25, 0.3) is 0 Å². The van der Waals surface area contributed by atoms with E-state index in [1.807, 2.05) is 32.4 Å². The second-order valence-electron chi connectivity index (χ2n) is 6.38. The molecule has 1 aromatic heterocycles. The average Bonchev–Trinajstić information content (AvgIpc) is 2.60. The monoisotopic (exact) mass is 295 g/mol. The third-order valence-corrected chi connectivity index (χ3v) is 2.99. The second-order valence-corrected chi connectivity index (χ2v) is 6.38. The smallest absolute Gasteiger partial charge is 0.408 e. The molecule has 0 aliphatic carbocycles. The Labute approximate surface area is 125 Å². The van der Waals surface area contributed by atoms with Crippen molar-refractivity contribution in [3.63, 3.8) is 0 Å². The normalized spacial score (nSPS) is 13.1. The highest BCUT2D eigenvalue weighted by molar-refractivity contribution is 5.75. The first-order valence-corrected chi connectivity index (χ1v) is 7.07. The molecule has 0 radical (unpaired) electrons. The molecule has 0 saturated heterocycles. The highest BCUT2D eigenvalue weighted by Gasteiger charge is 2.25. The summed E-state index contributed by atoms with van der Waals surface area (Å²) in [4.78, 5) is 23.2. The molecule has 1 amide bonds. The van der Waals surface area contributed by atoms with Gasteiger partial charge in [-0.1, -0.05) is 0 Å². The topological polar surface area (TPSA) is 73.2 Å². The van der Waals surface area contributed by atoms with Crippen LogP contribution in [0.1, 0.15) is 63.7 Å². The molecule has 0 aliphatic rings. The number of rotatable bonds is 4. The first kappa shape index (κ1) is 17.2. The van der Waals surface area contributed by atoms with Gasteiger partial charge in [-0.15, -0.1) is 0 Å². The van der Waals surface area contributed by atoms with Gasteiger partial charge in [-0.05, 0) is 48.5 Å². The molecular formula is C15H25N3O3. The van der Waals surface area contributed by atoms with Gasteiger partial charge in [-0.25, -0.2) is 4.79 Å². The lowest BCUT2D eigenvalue weighted by atomic mass is 10.1. The lowest BCUT2D eigenvalue weighted by Crippen LogP contribution is -2.35. The summed E-state index contributed by atoms with van der Waals surface area (Å²) in [7, 11) is 0. The molecule has 1 unspecified atom stereocenters. The van der Waals surface area contributed by atoms with Crippen molar-refractivity contribution in [2.75, 3.05) is 0 Å². The van der Waals surface area contributed by atoms with Crippen LogP contribution in [-0.4, -0.2) is 27.8 Å². The highest BCUT2D eigenvalue weighted by Crippen LogP contribution is 2.23. The summed E-state index contributed by atoms with van der Waals surface area (Å²) in [5, 5.41) is 7.02. The predicted octanol–water partition coefficient (Wildman–Crippen LogP) is 2.85. The quantitative estimate of drug-likeness (QED) is 0.867. The van der Waals surface area contributed by atoms with Crippen LogP contribution >= 0.6 is 0 Å². The molecule has 1 aromatic rings. The molecule has 6 heteroatoms. The number of amides is 1. The van der Waals surface area contributed by atoms with Crippen molar-refractivity contribution in [3.05, 3.63) is 17.0 Å². The number of carbonyl (C=O) groups is 2. The van der Waals surface area contributed by atoms with E-state index in [0.717, 1.165) is 17.0 Å². The van der Waals surface area contributed by atoms with Gasteiger partial charge < -0.3 is 14.8 Å². The van der Waals surface area contributed by atoms with E-state index in [0.29, 0.717) is 6.29 Å². The van der Waals surface area contributed by atoms with E-state index in [1.54, 1.807) is 20.8 Å². The summed E-state index contributed by atoms with van der Waals surface area (Å²) >= 11 is 0. The van der Waals surface area contributed by atoms with Gasteiger partial charge in [-0.2, -0.15) is 5.10 Å². The van der Waals surface area contributed by atoms with Crippen molar-refractivity contribution < 1.29 is 14.3 Å². The van der Waals surface area contributed by atoms with Gasteiger partial charge in [0.1, 0.15) is 17.9 Å². The van der Waals surface area contributed by atoms with Crippen LogP contribution in [-0.2, 0) is 9.53 Å². The van der Waals surface area contributed by atoms with Gasteiger partial charge >= 0.3 is 6.09 Å². The van der Waals surface area contributed by atoms with Gasteiger partial charge in [-0.3, -0.25) is 4.68 Å². The lowest BCUT2D eigenvalue weighted by Gasteiger charge is -2.21. The Morgan fingerprint density at radius 3 is 2.29 bits per heavy atom. The molecule has 0 fully saturated rings. The maximum Gasteiger partial charge on any atom is 0.408 e. The summed E-state index contributed by atoms with van der Waals surface area (Å²) in [6.45, 7) is 13.1. The first-order valence-electron chi connectivity index (χ1n) is 7.07. The molecule has 0 aromatic carbocycles. The molecule has 1 N–H and O–H groups in total. The molecule has 1 heterocycles. The third-order valence-electron chi connectivity index (χ3n) is 2.99. The van der Waals surface area contributed by atoms with E-state index >= 15 is 0 Å². The van der Waals surface area contributed by atoms with E-state index in [4.69, 9.17) is 4.74 Å². The Bertz CT molecular complexity index is 527. The van der Waals surface area contributed by atoms with Crippen LogP contribution in [0.4, 0.5) is 4.79 Å². The molecule has 6 nitrogen and oxygen atoms in total. The number of ether oxygens (including phenoxy) is 1. The number of aromatic nitrogens is 2. The molecule has 0 spiro atoms. The van der Waals surface area contributed by atoms with Gasteiger partial charge in [0, 0.05) is 17.3 Å². The first-order chi connectivity index (χ1) is 9.56. The van der Waals surface area contributed by atoms with Crippen LogP contribution in [0.15, 0.2) is 0 Å². The number of alkyl carbamates (subject to hydrolysis) is 1. The maximum absolute atomic E-state index is 11.8. The van der Waals surface area contributed by atoms with Crippen molar-refractivity contribution >= 4 is 12.4 Å². The molecule has 1 atom stereocenters. The van der Waals surface area contributed by atoms with Crippen LogP contribution in [0, 0.1) is 13.8 Å². The summed E-state index contributed by atoms with van der Waals surface area (Å²) in [6.07, 6.45) is 0.0849. The second kappa shape index (κ2) is 6.28. The van der Waals surface area contributed by atoms with Gasteiger partial charge in [0.15, 0.2) is 0 Å². The summed E-state index contributed by atoms with van der Waals surface area (Å²) < 4.78 is 7.03. The third kappa shape index (κ3) is 4.31. The van der Waals surface area contributed by atoms with E-state index in [9.17, 15) is 9.59 Å². The number of nitrogens with one attached hydrogen (secondary N) is 1. The Morgan fingerprint density at radius 2 is 1.90 bits per heavy atom. The standard InChI is InChI=1S/C15H25N3O3/c1-9(2)18-11(4)13(10(3)17-18)12(8-19)16-14(20)21-15(5,6)7/h8-9,12H,1-7H3,(H,16,20). The van der Waals surface area contributed by atoms with Crippen LogP contribution in [0.5, 0.6) is 0 Å². The summed E-state index contributed by atoms with van der Waals surface area (Å²) in [5.74, 6) is 0. The van der Waals surface area contributed by atoms with Crippen LogP contribution < -0.4 is 5.32 Å². The predicted molar refractivity (Wildman–Crippen MR) is 80.3 cm³/mol. The van der Waals surface area contributed by atoms with Crippen molar-refractivity contribution in [3.8, 4) is 0 Å². The highest BCUT2D eigenvalue weighted by atomic mass is 16.6. The minimum Gasteiger partial charge on any atom is -0.444 e. The fraction of sp³-hybridized carbons (Fsp3) is 0.667. The van der Waals surface area contributed by atoms with Crippen LogP contribution in [0.2, 0.25) is 0 Å². The van der Waals surface area contributed by atoms with Gasteiger partial charge in [0.2, 0.25) is 0 Å². The number of hydrogen-bond donors (Lipinski definition) is 1. The van der Waals surface area contributed by atoms with Crippen molar-refractivity contribution in [1.82, 2.24) is 15.1 Å². The Kier molecular flexibility index (Phi) is 5.15. The minimum atomic E-state index is -0.757. The number of aryl methyl sites for hydroxylation is 1. The van der Waals surface area contributed by atoms with Gasteiger partial charge in [0.05, 0.1) is 5.69 Å². The molecule has 118 valence electrons. The summed E-state index contributed by atoms with van der Waals surface area (Å²) in [6, 6.07) is -0.571. The zero-order valence-corrected chi connectivity index (χ0v) is 13.9. The van der Waals surface area contributed by atoms with Crippen LogP contribution in [0.25, 0.3) is 0 Å². The fourth-order valence-electron chi connectivity index (χ4n) is 2.24. The summed E-state index contributed by atoms with van der Waals surface area (Å²) in [5.41, 5.74) is 1.72. The average molecular weight is 295 g/mol.